The number of rotatable bonds is 7. The first-order chi connectivity index (χ1) is 17.2. The molecule has 1 aliphatic heterocycles. The van der Waals surface area contributed by atoms with Gasteiger partial charge in [0.15, 0.2) is 0 Å². The van der Waals surface area contributed by atoms with Gasteiger partial charge in [0.1, 0.15) is 0 Å². The summed E-state index contributed by atoms with van der Waals surface area (Å²) in [5, 5.41) is 31.0. The Labute approximate surface area is 223 Å². The van der Waals surface area contributed by atoms with Crippen molar-refractivity contribution < 1.29 is 15.3 Å². The summed E-state index contributed by atoms with van der Waals surface area (Å²) in [7, 11) is 1.00. The van der Waals surface area contributed by atoms with Gasteiger partial charge in [-0.05, 0) is 87.2 Å². The van der Waals surface area contributed by atoms with Crippen molar-refractivity contribution in [2.45, 2.75) is 117 Å². The van der Waals surface area contributed by atoms with Crippen LogP contribution in [0.4, 0.5) is 0 Å². The molecule has 0 amide bonds. The molecule has 36 heavy (non-hydrogen) atoms. The highest BCUT2D eigenvalue weighted by molar-refractivity contribution is 5.35. The second kappa shape index (κ2) is 18.6. The van der Waals surface area contributed by atoms with Crippen LogP contribution in [0, 0.1) is 11.3 Å². The Morgan fingerprint density at radius 2 is 1.72 bits per heavy atom. The van der Waals surface area contributed by atoms with Gasteiger partial charge in [0.05, 0.1) is 11.7 Å². The van der Waals surface area contributed by atoms with Gasteiger partial charge in [0.25, 0.3) is 0 Å². The van der Waals surface area contributed by atoms with E-state index in [-0.39, 0.29) is 6.10 Å². The van der Waals surface area contributed by atoms with Crippen molar-refractivity contribution in [3.63, 3.8) is 0 Å². The number of hydrogen-bond donors (Lipinski definition) is 4. The highest BCUT2D eigenvalue weighted by Crippen LogP contribution is 2.38. The molecule has 1 aliphatic carbocycles. The minimum Gasteiger partial charge on any atom is -0.400 e. The normalized spacial score (nSPS) is 25.3. The van der Waals surface area contributed by atoms with E-state index in [4.69, 9.17) is 5.11 Å². The van der Waals surface area contributed by atoms with Gasteiger partial charge in [-0.1, -0.05) is 84.1 Å². The largest absolute Gasteiger partial charge is 0.400 e. The Hall–Kier alpha value is -1.62. The Balaban J connectivity index is 0.00000291. The van der Waals surface area contributed by atoms with Crippen LogP contribution in [0.25, 0.3) is 0 Å². The summed E-state index contributed by atoms with van der Waals surface area (Å²) in [6.45, 7) is 18.1. The standard InChI is InChI=1S/C29H47NO2.C2H6.CH4O/c1-6-29(32,7-2)20-10-8-9-12-25-18-21-30-26(13-11-19-28(25,4)5)16-15-24-22-27(31)17-14-23(24)3;2*1-2/h8-10,15-16,20,25,27,30-32H,3,6-7,11-14,17-19,21-22H2,1-2,4-5H3;1-2H3;2H,1H3/b9-8+,20-10+,24-15-,26-16+;;. The molecule has 1 saturated heterocycles. The predicted molar refractivity (Wildman–Crippen MR) is 157 cm³/mol. The lowest BCUT2D eigenvalue weighted by atomic mass is 9.72. The van der Waals surface area contributed by atoms with Gasteiger partial charge in [0, 0.05) is 19.4 Å². The molecule has 4 heteroatoms. The fourth-order valence-electron chi connectivity index (χ4n) is 4.83. The van der Waals surface area contributed by atoms with Crippen molar-refractivity contribution in [3.8, 4) is 0 Å². The van der Waals surface area contributed by atoms with E-state index in [1.54, 1.807) is 0 Å². The zero-order valence-corrected chi connectivity index (χ0v) is 24.4. The SMILES string of the molecule is C=C1CCC(O)C/C1=C/C=C1\CCCC(C)(C)C(C/C=C/C=C/C(O)(CC)CC)CCN1.CC.CO. The molecule has 0 radical (unpaired) electrons. The van der Waals surface area contributed by atoms with Crippen LogP contribution < -0.4 is 5.32 Å². The smallest absolute Gasteiger partial charge is 0.0825 e. The molecule has 0 aromatic rings. The number of nitrogens with one attached hydrogen (secondary N) is 1. The Bertz CT molecular complexity index is 726. The molecule has 1 heterocycles. The van der Waals surface area contributed by atoms with Crippen LogP contribution in [0.3, 0.4) is 0 Å². The molecule has 4 N–H and O–H groups in total. The average Bonchev–Trinajstić information content (AvgIpc) is 2.95. The van der Waals surface area contributed by atoms with Crippen molar-refractivity contribution in [2.75, 3.05) is 13.7 Å². The highest BCUT2D eigenvalue weighted by Gasteiger charge is 2.29. The van der Waals surface area contributed by atoms with Crippen molar-refractivity contribution in [1.29, 1.82) is 0 Å². The molecule has 0 aromatic carbocycles. The maximum atomic E-state index is 10.4. The maximum Gasteiger partial charge on any atom is 0.0825 e. The van der Waals surface area contributed by atoms with E-state index in [1.165, 1.54) is 29.7 Å². The van der Waals surface area contributed by atoms with Gasteiger partial charge >= 0.3 is 0 Å². The van der Waals surface area contributed by atoms with Crippen LogP contribution in [0.1, 0.15) is 106 Å². The van der Waals surface area contributed by atoms with Crippen LogP contribution in [0.5, 0.6) is 0 Å². The summed E-state index contributed by atoms with van der Waals surface area (Å²) >= 11 is 0. The van der Waals surface area contributed by atoms with Crippen molar-refractivity contribution in [3.05, 3.63) is 59.9 Å². The molecule has 0 bridgehead atoms. The minimum atomic E-state index is -0.675. The van der Waals surface area contributed by atoms with Crippen LogP contribution in [0.2, 0.25) is 0 Å². The van der Waals surface area contributed by atoms with E-state index in [0.29, 0.717) is 11.3 Å². The third-order valence-corrected chi connectivity index (χ3v) is 7.69. The maximum absolute atomic E-state index is 10.4. The molecule has 2 unspecified atom stereocenters. The number of hydrogen-bond acceptors (Lipinski definition) is 4. The first-order valence-electron chi connectivity index (χ1n) is 14.2. The van der Waals surface area contributed by atoms with E-state index in [1.807, 2.05) is 39.8 Å². The van der Waals surface area contributed by atoms with E-state index >= 15 is 0 Å². The summed E-state index contributed by atoms with van der Waals surface area (Å²) < 4.78 is 0. The summed E-state index contributed by atoms with van der Waals surface area (Å²) in [6.07, 6.45) is 22.1. The lowest BCUT2D eigenvalue weighted by Gasteiger charge is -2.33. The second-order valence-corrected chi connectivity index (χ2v) is 10.5. The fraction of sp³-hybridized carbons (Fsp3) is 0.688. The summed E-state index contributed by atoms with van der Waals surface area (Å²) in [5.41, 5.74) is 3.31. The molecule has 208 valence electrons. The average molecular weight is 504 g/mol. The summed E-state index contributed by atoms with van der Waals surface area (Å²) in [6, 6.07) is 0. The molecule has 2 aliphatic rings. The van der Waals surface area contributed by atoms with Gasteiger partial charge in [-0.2, -0.15) is 0 Å². The molecule has 0 aromatic heterocycles. The third-order valence-electron chi connectivity index (χ3n) is 7.69. The Kier molecular flexibility index (Phi) is 17.8. The zero-order valence-electron chi connectivity index (χ0n) is 24.4. The second-order valence-electron chi connectivity index (χ2n) is 10.5. The van der Waals surface area contributed by atoms with Gasteiger partial charge in [-0.25, -0.2) is 0 Å². The highest BCUT2D eigenvalue weighted by atomic mass is 16.3. The van der Waals surface area contributed by atoms with Gasteiger partial charge in [-0.15, -0.1) is 0 Å². The molecule has 2 fully saturated rings. The van der Waals surface area contributed by atoms with Crippen molar-refractivity contribution in [2.24, 2.45) is 11.3 Å². The zero-order chi connectivity index (χ0) is 27.6. The van der Waals surface area contributed by atoms with E-state index in [2.05, 4.69) is 50.0 Å². The quantitative estimate of drug-likeness (QED) is 0.273. The molecule has 0 spiro atoms. The van der Waals surface area contributed by atoms with E-state index < -0.39 is 5.60 Å². The number of aliphatic hydroxyl groups is 3. The monoisotopic (exact) mass is 503 g/mol. The van der Waals surface area contributed by atoms with Crippen molar-refractivity contribution >= 4 is 0 Å². The van der Waals surface area contributed by atoms with Gasteiger partial charge in [-0.3, -0.25) is 0 Å². The van der Waals surface area contributed by atoms with Crippen molar-refractivity contribution in [1.82, 2.24) is 5.32 Å². The van der Waals surface area contributed by atoms with Crippen LogP contribution in [-0.2, 0) is 0 Å². The molecular formula is C32H57NO3. The first kappa shape index (κ1) is 34.4. The molecular weight excluding hydrogens is 446 g/mol. The summed E-state index contributed by atoms with van der Waals surface area (Å²) in [5.74, 6) is 0.627. The number of aliphatic hydroxyl groups excluding tert-OH is 2. The molecule has 2 atom stereocenters. The Morgan fingerprint density at radius 3 is 2.36 bits per heavy atom. The summed E-state index contributed by atoms with van der Waals surface area (Å²) in [4.78, 5) is 0. The molecule has 2 rings (SSSR count). The lowest BCUT2D eigenvalue weighted by molar-refractivity contribution is 0.0828. The minimum absolute atomic E-state index is 0.221. The van der Waals surface area contributed by atoms with Gasteiger partial charge in [0.2, 0.25) is 0 Å². The third kappa shape index (κ3) is 12.6. The van der Waals surface area contributed by atoms with Crippen LogP contribution >= 0.6 is 0 Å². The molecule has 4 nitrogen and oxygen atoms in total. The van der Waals surface area contributed by atoms with Crippen LogP contribution in [0.15, 0.2) is 59.9 Å². The Morgan fingerprint density at radius 1 is 1.06 bits per heavy atom. The van der Waals surface area contributed by atoms with Gasteiger partial charge < -0.3 is 20.6 Å². The van der Waals surface area contributed by atoms with E-state index in [9.17, 15) is 10.2 Å². The van der Waals surface area contributed by atoms with Crippen LogP contribution in [-0.4, -0.2) is 40.7 Å². The molecule has 1 saturated carbocycles. The first-order valence-corrected chi connectivity index (χ1v) is 14.2. The fourth-order valence-corrected chi connectivity index (χ4v) is 4.83. The topological polar surface area (TPSA) is 72.7 Å². The predicted octanol–water partition coefficient (Wildman–Crippen LogP) is 7.39. The van der Waals surface area contributed by atoms with E-state index in [0.717, 1.165) is 65.0 Å². The number of allylic oxidation sites excluding steroid dienone is 7. The lowest BCUT2D eigenvalue weighted by Crippen LogP contribution is -2.26.